The molecule has 0 atom stereocenters. The number of nitrogens with one attached hydrogen (secondary N) is 1. The van der Waals surface area contributed by atoms with Crippen LogP contribution in [0.15, 0.2) is 33.5 Å². The molecule has 0 amide bonds. The van der Waals surface area contributed by atoms with E-state index in [1.54, 1.807) is 18.4 Å². The zero-order valence-electron chi connectivity index (χ0n) is 8.30. The second-order valence-electron chi connectivity index (χ2n) is 3.48. The molecule has 0 spiro atoms. The molecule has 0 unspecified atom stereocenters. The van der Waals surface area contributed by atoms with Crippen molar-refractivity contribution in [2.45, 2.75) is 0 Å². The summed E-state index contributed by atoms with van der Waals surface area (Å²) >= 11 is 15.2. The zero-order chi connectivity index (χ0) is 12.0. The lowest BCUT2D eigenvalue weighted by molar-refractivity contribution is 0.542. The summed E-state index contributed by atoms with van der Waals surface area (Å²) in [5.74, 6) is 0.707. The van der Waals surface area contributed by atoms with Gasteiger partial charge in [-0.1, -0.05) is 23.2 Å². The maximum absolute atomic E-state index is 5.95. The van der Waals surface area contributed by atoms with Crippen molar-refractivity contribution in [2.24, 2.45) is 0 Å². The van der Waals surface area contributed by atoms with Gasteiger partial charge in [0.1, 0.15) is 5.82 Å². The maximum atomic E-state index is 5.95. The van der Waals surface area contributed by atoms with Crippen LogP contribution in [-0.2, 0) is 0 Å². The van der Waals surface area contributed by atoms with E-state index in [1.165, 1.54) is 0 Å². The fourth-order valence-electron chi connectivity index (χ4n) is 1.60. The lowest BCUT2D eigenvalue weighted by Crippen LogP contribution is -1.76. The van der Waals surface area contributed by atoms with Crippen LogP contribution in [0.1, 0.15) is 0 Å². The largest absolute Gasteiger partial charge is 0.457 e. The van der Waals surface area contributed by atoms with Gasteiger partial charge in [0.05, 0.1) is 32.9 Å². The first-order valence-electron chi connectivity index (χ1n) is 4.73. The molecule has 3 nitrogen and oxygen atoms in total. The van der Waals surface area contributed by atoms with Crippen molar-refractivity contribution in [1.29, 1.82) is 0 Å². The van der Waals surface area contributed by atoms with Gasteiger partial charge in [0.15, 0.2) is 4.67 Å². The highest BCUT2D eigenvalue weighted by atomic mass is 79.9. The number of halogens is 3. The topological polar surface area (TPSA) is 41.8 Å². The first-order valence-corrected chi connectivity index (χ1v) is 6.28. The molecule has 86 valence electrons. The summed E-state index contributed by atoms with van der Waals surface area (Å²) < 4.78 is 5.80. The molecule has 3 aromatic rings. The van der Waals surface area contributed by atoms with E-state index in [2.05, 4.69) is 25.9 Å². The number of aromatic nitrogens is 2. The Labute approximate surface area is 115 Å². The van der Waals surface area contributed by atoms with Gasteiger partial charge in [-0.2, -0.15) is 0 Å². The fourth-order valence-corrected chi connectivity index (χ4v) is 2.34. The predicted molar refractivity (Wildman–Crippen MR) is 71.5 cm³/mol. The predicted octanol–water partition coefficient (Wildman–Crippen LogP) is 4.89. The quantitative estimate of drug-likeness (QED) is 0.689. The van der Waals surface area contributed by atoms with Gasteiger partial charge in [-0.05, 0) is 34.1 Å². The molecule has 2 heterocycles. The Morgan fingerprint density at radius 3 is 2.71 bits per heavy atom. The van der Waals surface area contributed by atoms with Gasteiger partial charge in [0.2, 0.25) is 0 Å². The van der Waals surface area contributed by atoms with Gasteiger partial charge in [-0.15, -0.1) is 0 Å². The van der Waals surface area contributed by atoms with Crippen molar-refractivity contribution in [2.75, 3.05) is 0 Å². The summed E-state index contributed by atoms with van der Waals surface area (Å²) in [7, 11) is 0. The number of fused-ring (bicyclic) bond motifs is 1. The van der Waals surface area contributed by atoms with E-state index in [-0.39, 0.29) is 0 Å². The summed E-state index contributed by atoms with van der Waals surface area (Å²) in [6.45, 7) is 0. The van der Waals surface area contributed by atoms with Crippen molar-refractivity contribution in [3.63, 3.8) is 0 Å². The molecule has 0 bridgehead atoms. The number of furan rings is 1. The lowest BCUT2D eigenvalue weighted by Gasteiger charge is -1.93. The summed E-state index contributed by atoms with van der Waals surface area (Å²) in [5.41, 5.74) is 2.46. The van der Waals surface area contributed by atoms with Crippen molar-refractivity contribution in [3.8, 4) is 11.4 Å². The second-order valence-corrected chi connectivity index (χ2v) is 5.01. The van der Waals surface area contributed by atoms with Crippen LogP contribution in [0.3, 0.4) is 0 Å². The zero-order valence-corrected chi connectivity index (χ0v) is 11.4. The number of benzene rings is 1. The highest BCUT2D eigenvalue weighted by molar-refractivity contribution is 9.10. The van der Waals surface area contributed by atoms with E-state index in [9.17, 15) is 0 Å². The first-order chi connectivity index (χ1) is 8.15. The number of hydrogen-bond donors (Lipinski definition) is 1. The molecule has 6 heteroatoms. The SMILES string of the molecule is Clc1cc2nc(-c3ccoc3Br)[nH]c2cc1Cl. The number of hydrogen-bond acceptors (Lipinski definition) is 2. The maximum Gasteiger partial charge on any atom is 0.179 e. The third-order valence-electron chi connectivity index (χ3n) is 2.40. The van der Waals surface area contributed by atoms with E-state index < -0.39 is 0 Å². The normalized spacial score (nSPS) is 11.2. The summed E-state index contributed by atoms with van der Waals surface area (Å²) in [5, 5.41) is 0.990. The van der Waals surface area contributed by atoms with Crippen LogP contribution in [0.5, 0.6) is 0 Å². The summed E-state index contributed by atoms with van der Waals surface area (Å²) in [6.07, 6.45) is 1.59. The number of imidazole rings is 1. The molecule has 0 saturated heterocycles. The third-order valence-corrected chi connectivity index (χ3v) is 3.73. The van der Waals surface area contributed by atoms with E-state index in [4.69, 9.17) is 27.6 Å². The lowest BCUT2D eigenvalue weighted by atomic mass is 10.3. The monoisotopic (exact) mass is 330 g/mol. The van der Waals surface area contributed by atoms with Crippen LogP contribution in [0.25, 0.3) is 22.4 Å². The molecule has 1 aromatic carbocycles. The van der Waals surface area contributed by atoms with Crippen LogP contribution in [0, 0.1) is 0 Å². The van der Waals surface area contributed by atoms with E-state index in [0.29, 0.717) is 20.5 Å². The average molecular weight is 332 g/mol. The molecule has 0 saturated carbocycles. The molecule has 17 heavy (non-hydrogen) atoms. The van der Waals surface area contributed by atoms with Crippen LogP contribution < -0.4 is 0 Å². The number of rotatable bonds is 1. The highest BCUT2D eigenvalue weighted by Gasteiger charge is 2.12. The first kappa shape index (κ1) is 11.1. The van der Waals surface area contributed by atoms with Crippen molar-refractivity contribution < 1.29 is 4.42 Å². The molecule has 2 aromatic heterocycles. The Balaban J connectivity index is 2.24. The summed E-state index contributed by atoms with van der Waals surface area (Å²) in [4.78, 5) is 7.59. The van der Waals surface area contributed by atoms with Gasteiger partial charge < -0.3 is 9.40 Å². The Hall–Kier alpha value is -0.970. The van der Waals surface area contributed by atoms with Crippen molar-refractivity contribution >= 4 is 50.2 Å². The Kier molecular flexibility index (Phi) is 2.65. The van der Waals surface area contributed by atoms with Gasteiger partial charge in [0.25, 0.3) is 0 Å². The minimum Gasteiger partial charge on any atom is -0.457 e. The molecular weight excluding hydrogens is 327 g/mol. The average Bonchev–Trinajstić information content (AvgIpc) is 2.85. The van der Waals surface area contributed by atoms with Crippen LogP contribution in [0.2, 0.25) is 10.0 Å². The van der Waals surface area contributed by atoms with Crippen LogP contribution in [0.4, 0.5) is 0 Å². The smallest absolute Gasteiger partial charge is 0.179 e. The van der Waals surface area contributed by atoms with E-state index >= 15 is 0 Å². The van der Waals surface area contributed by atoms with Crippen LogP contribution in [-0.4, -0.2) is 9.97 Å². The number of H-pyrrole nitrogens is 1. The van der Waals surface area contributed by atoms with Gasteiger partial charge >= 0.3 is 0 Å². The molecule has 0 aliphatic rings. The van der Waals surface area contributed by atoms with Gasteiger partial charge in [-0.25, -0.2) is 4.98 Å². The molecule has 3 rings (SSSR count). The van der Waals surface area contributed by atoms with Crippen molar-refractivity contribution in [3.05, 3.63) is 39.2 Å². The Bertz CT molecular complexity index is 666. The minimum absolute atomic E-state index is 0.489. The number of nitrogens with zero attached hydrogens (tertiary/aromatic N) is 1. The molecule has 0 aliphatic heterocycles. The molecule has 0 aliphatic carbocycles. The molecule has 0 fully saturated rings. The minimum atomic E-state index is 0.489. The highest BCUT2D eigenvalue weighted by Crippen LogP contribution is 2.31. The van der Waals surface area contributed by atoms with Crippen LogP contribution >= 0.6 is 39.1 Å². The summed E-state index contributed by atoms with van der Waals surface area (Å²) in [6, 6.07) is 5.31. The number of aromatic amines is 1. The molecule has 1 N–H and O–H groups in total. The Morgan fingerprint density at radius 2 is 2.00 bits per heavy atom. The standard InChI is InChI=1S/C11H5BrCl2N2O/c12-10-5(1-2-17-10)11-15-8-3-6(13)7(14)4-9(8)16-11/h1-4H,(H,15,16). The fraction of sp³-hybridized carbons (Fsp3) is 0. The molecule has 0 radical (unpaired) electrons. The van der Waals surface area contributed by atoms with Crippen molar-refractivity contribution in [1.82, 2.24) is 9.97 Å². The van der Waals surface area contributed by atoms with E-state index in [0.717, 1.165) is 16.6 Å². The second kappa shape index (κ2) is 4.05. The molecular formula is C11H5BrCl2N2O. The Morgan fingerprint density at radius 1 is 1.24 bits per heavy atom. The van der Waals surface area contributed by atoms with Gasteiger partial charge in [0, 0.05) is 0 Å². The van der Waals surface area contributed by atoms with E-state index in [1.807, 2.05) is 6.07 Å². The van der Waals surface area contributed by atoms with Gasteiger partial charge in [-0.3, -0.25) is 0 Å². The third kappa shape index (κ3) is 1.86.